The molecule has 0 radical (unpaired) electrons. The SMILES string of the molecule is Cc1ccc(C)c(SCCCC(C)(C)C(N)=NO)c1. The van der Waals surface area contributed by atoms with Gasteiger partial charge in [0.15, 0.2) is 0 Å². The summed E-state index contributed by atoms with van der Waals surface area (Å²) in [6.07, 6.45) is 1.96. The lowest BCUT2D eigenvalue weighted by Crippen LogP contribution is -2.31. The molecule has 0 saturated heterocycles. The molecule has 0 aliphatic carbocycles. The summed E-state index contributed by atoms with van der Waals surface area (Å²) in [7, 11) is 0. The molecule has 1 rings (SSSR count). The number of benzene rings is 1. The van der Waals surface area contributed by atoms with Gasteiger partial charge in [0.05, 0.1) is 0 Å². The number of rotatable bonds is 6. The second-order valence-electron chi connectivity index (χ2n) is 5.59. The summed E-state index contributed by atoms with van der Waals surface area (Å²) in [5, 5.41) is 11.8. The first-order chi connectivity index (χ1) is 8.86. The Bertz CT molecular complexity index is 455. The van der Waals surface area contributed by atoms with Gasteiger partial charge in [-0.25, -0.2) is 0 Å². The van der Waals surface area contributed by atoms with Gasteiger partial charge in [-0.15, -0.1) is 11.8 Å². The predicted octanol–water partition coefficient (Wildman–Crippen LogP) is 3.95. The molecule has 0 bridgehead atoms. The van der Waals surface area contributed by atoms with Gasteiger partial charge in [-0.3, -0.25) is 0 Å². The molecule has 0 aromatic heterocycles. The van der Waals surface area contributed by atoms with Crippen molar-refractivity contribution in [2.75, 3.05) is 5.75 Å². The second kappa shape index (κ2) is 6.85. The number of nitrogens with zero attached hydrogens (tertiary/aromatic N) is 1. The number of thioether (sulfide) groups is 1. The van der Waals surface area contributed by atoms with Crippen LogP contribution in [0.3, 0.4) is 0 Å². The van der Waals surface area contributed by atoms with Gasteiger partial charge in [-0.2, -0.15) is 0 Å². The number of hydrogen-bond donors (Lipinski definition) is 2. The summed E-state index contributed by atoms with van der Waals surface area (Å²) >= 11 is 1.88. The van der Waals surface area contributed by atoms with E-state index in [2.05, 4.69) is 37.2 Å². The molecule has 1 aromatic rings. The first-order valence-corrected chi connectivity index (χ1v) is 7.53. The Balaban J connectivity index is 2.45. The van der Waals surface area contributed by atoms with Crippen LogP contribution in [0.2, 0.25) is 0 Å². The van der Waals surface area contributed by atoms with E-state index in [1.165, 1.54) is 16.0 Å². The van der Waals surface area contributed by atoms with Crippen LogP contribution in [0.25, 0.3) is 0 Å². The summed E-state index contributed by atoms with van der Waals surface area (Å²) < 4.78 is 0. The molecule has 0 amide bonds. The molecule has 3 N–H and O–H groups in total. The van der Waals surface area contributed by atoms with Gasteiger partial charge in [0.1, 0.15) is 5.84 Å². The summed E-state index contributed by atoms with van der Waals surface area (Å²) in [5.74, 6) is 1.36. The van der Waals surface area contributed by atoms with Crippen molar-refractivity contribution in [2.45, 2.75) is 45.4 Å². The van der Waals surface area contributed by atoms with Gasteiger partial charge in [0.2, 0.25) is 0 Å². The second-order valence-corrected chi connectivity index (χ2v) is 6.73. The van der Waals surface area contributed by atoms with Crippen molar-refractivity contribution in [3.63, 3.8) is 0 Å². The minimum Gasteiger partial charge on any atom is -0.409 e. The maximum Gasteiger partial charge on any atom is 0.144 e. The van der Waals surface area contributed by atoms with Crippen LogP contribution in [-0.4, -0.2) is 16.8 Å². The zero-order valence-electron chi connectivity index (χ0n) is 12.2. The molecule has 3 nitrogen and oxygen atoms in total. The van der Waals surface area contributed by atoms with E-state index in [1.807, 2.05) is 25.6 Å². The van der Waals surface area contributed by atoms with Crippen molar-refractivity contribution in [2.24, 2.45) is 16.3 Å². The molecular formula is C15H24N2OS. The largest absolute Gasteiger partial charge is 0.409 e. The molecule has 0 saturated carbocycles. The van der Waals surface area contributed by atoms with E-state index in [0.29, 0.717) is 5.84 Å². The average Bonchev–Trinajstić information content (AvgIpc) is 2.37. The third-order valence-corrected chi connectivity index (χ3v) is 4.59. The highest BCUT2D eigenvalue weighted by molar-refractivity contribution is 7.99. The Morgan fingerprint density at radius 3 is 2.68 bits per heavy atom. The fraction of sp³-hybridized carbons (Fsp3) is 0.533. The molecule has 0 aliphatic rings. The normalized spacial score (nSPS) is 12.7. The van der Waals surface area contributed by atoms with E-state index in [0.717, 1.165) is 18.6 Å². The van der Waals surface area contributed by atoms with Gasteiger partial charge in [-0.05, 0) is 44.1 Å². The summed E-state index contributed by atoms with van der Waals surface area (Å²) in [5.41, 5.74) is 8.06. The molecule has 0 fully saturated rings. The molecule has 1 aromatic carbocycles. The van der Waals surface area contributed by atoms with Crippen LogP contribution in [0.4, 0.5) is 0 Å². The standard InChI is InChI=1S/C15H24N2OS/c1-11-6-7-12(2)13(10-11)19-9-5-8-15(3,4)14(16)17-18/h6-7,10,18H,5,8-9H2,1-4H3,(H2,16,17). The maximum absolute atomic E-state index is 8.73. The molecule has 19 heavy (non-hydrogen) atoms. The topological polar surface area (TPSA) is 58.6 Å². The van der Waals surface area contributed by atoms with Crippen molar-refractivity contribution in [3.05, 3.63) is 29.3 Å². The van der Waals surface area contributed by atoms with Crippen molar-refractivity contribution in [1.82, 2.24) is 0 Å². The minimum atomic E-state index is -0.239. The van der Waals surface area contributed by atoms with Crippen LogP contribution in [0.5, 0.6) is 0 Å². The lowest BCUT2D eigenvalue weighted by molar-refractivity contribution is 0.305. The van der Waals surface area contributed by atoms with Crippen LogP contribution in [0, 0.1) is 19.3 Å². The molecule has 106 valence electrons. The van der Waals surface area contributed by atoms with E-state index in [4.69, 9.17) is 10.9 Å². The highest BCUT2D eigenvalue weighted by atomic mass is 32.2. The molecule has 4 heteroatoms. The third-order valence-electron chi connectivity index (χ3n) is 3.35. The van der Waals surface area contributed by atoms with E-state index in [9.17, 15) is 0 Å². The molecule has 0 unspecified atom stereocenters. The average molecular weight is 280 g/mol. The zero-order chi connectivity index (χ0) is 14.5. The van der Waals surface area contributed by atoms with Crippen molar-refractivity contribution >= 4 is 17.6 Å². The van der Waals surface area contributed by atoms with Gasteiger partial charge < -0.3 is 10.9 Å². The zero-order valence-corrected chi connectivity index (χ0v) is 13.0. The van der Waals surface area contributed by atoms with E-state index in [-0.39, 0.29) is 5.41 Å². The summed E-state index contributed by atoms with van der Waals surface area (Å²) in [6, 6.07) is 6.54. The van der Waals surface area contributed by atoms with E-state index < -0.39 is 0 Å². The third kappa shape index (κ3) is 4.78. The number of nitrogens with two attached hydrogens (primary N) is 1. The Kier molecular flexibility index (Phi) is 5.73. The number of amidine groups is 1. The molecule has 0 heterocycles. The molecular weight excluding hydrogens is 256 g/mol. The minimum absolute atomic E-state index is 0.239. The van der Waals surface area contributed by atoms with Gasteiger partial charge >= 0.3 is 0 Å². The fourth-order valence-corrected chi connectivity index (χ4v) is 2.90. The van der Waals surface area contributed by atoms with Crippen LogP contribution in [0.15, 0.2) is 28.3 Å². The van der Waals surface area contributed by atoms with Gasteiger partial charge in [0.25, 0.3) is 0 Å². The molecule has 0 spiro atoms. The number of aryl methyl sites for hydroxylation is 2. The van der Waals surface area contributed by atoms with E-state index in [1.54, 1.807) is 0 Å². The first-order valence-electron chi connectivity index (χ1n) is 6.55. The Morgan fingerprint density at radius 2 is 2.05 bits per heavy atom. The van der Waals surface area contributed by atoms with Crippen LogP contribution in [0.1, 0.15) is 37.8 Å². The smallest absolute Gasteiger partial charge is 0.144 e. The Labute approximate surface area is 120 Å². The number of hydrogen-bond acceptors (Lipinski definition) is 3. The highest BCUT2D eigenvalue weighted by Crippen LogP contribution is 2.28. The van der Waals surface area contributed by atoms with Crippen molar-refractivity contribution in [1.29, 1.82) is 0 Å². The van der Waals surface area contributed by atoms with Crippen LogP contribution in [-0.2, 0) is 0 Å². The van der Waals surface area contributed by atoms with Crippen LogP contribution >= 0.6 is 11.8 Å². The first kappa shape index (κ1) is 15.9. The quantitative estimate of drug-likeness (QED) is 0.207. The lowest BCUT2D eigenvalue weighted by atomic mass is 9.87. The van der Waals surface area contributed by atoms with Crippen molar-refractivity contribution < 1.29 is 5.21 Å². The lowest BCUT2D eigenvalue weighted by Gasteiger charge is -2.22. The van der Waals surface area contributed by atoms with E-state index >= 15 is 0 Å². The Morgan fingerprint density at radius 1 is 1.37 bits per heavy atom. The van der Waals surface area contributed by atoms with Crippen molar-refractivity contribution in [3.8, 4) is 0 Å². The monoisotopic (exact) mass is 280 g/mol. The predicted molar refractivity (Wildman–Crippen MR) is 83.1 cm³/mol. The molecule has 0 aliphatic heterocycles. The fourth-order valence-electron chi connectivity index (χ4n) is 1.82. The van der Waals surface area contributed by atoms with Gasteiger partial charge in [-0.1, -0.05) is 36.7 Å². The Hall–Kier alpha value is -1.16. The van der Waals surface area contributed by atoms with Gasteiger partial charge in [0, 0.05) is 10.3 Å². The summed E-state index contributed by atoms with van der Waals surface area (Å²) in [4.78, 5) is 1.35. The number of oxime groups is 1. The maximum atomic E-state index is 8.73. The molecule has 0 atom stereocenters. The highest BCUT2D eigenvalue weighted by Gasteiger charge is 2.22. The van der Waals surface area contributed by atoms with Crippen LogP contribution < -0.4 is 5.73 Å². The summed E-state index contributed by atoms with van der Waals surface area (Å²) in [6.45, 7) is 8.27.